The number of hydrogen-bond acceptors (Lipinski definition) is 4. The van der Waals surface area contributed by atoms with Gasteiger partial charge in [-0.05, 0) is 36.6 Å². The van der Waals surface area contributed by atoms with Crippen molar-refractivity contribution in [3.8, 4) is 0 Å². The maximum absolute atomic E-state index is 11.1. The minimum Gasteiger partial charge on any atom is -0.327 e. The highest BCUT2D eigenvalue weighted by Gasteiger charge is 2.41. The summed E-state index contributed by atoms with van der Waals surface area (Å²) in [7, 11) is 0. The van der Waals surface area contributed by atoms with Crippen LogP contribution in [-0.4, -0.2) is 17.6 Å². The fourth-order valence-electron chi connectivity index (χ4n) is 3.09. The number of rotatable bonds is 4. The van der Waals surface area contributed by atoms with E-state index in [1.807, 2.05) is 5.38 Å². The van der Waals surface area contributed by atoms with Crippen molar-refractivity contribution >= 4 is 11.3 Å². The average molecular weight is 283 g/mol. The van der Waals surface area contributed by atoms with Crippen LogP contribution in [0.25, 0.3) is 0 Å². The van der Waals surface area contributed by atoms with E-state index in [9.17, 15) is 4.79 Å². The Morgan fingerprint density at radius 3 is 2.89 bits per heavy atom. The summed E-state index contributed by atoms with van der Waals surface area (Å²) in [6.07, 6.45) is 2.30. The second kappa shape index (κ2) is 5.77. The first-order chi connectivity index (χ1) is 8.91. The van der Waals surface area contributed by atoms with Gasteiger partial charge < -0.3 is 16.0 Å². The van der Waals surface area contributed by atoms with E-state index in [1.54, 1.807) is 0 Å². The molecular weight excluding hydrogens is 258 g/mol. The average Bonchev–Trinajstić information content (AvgIpc) is 2.76. The van der Waals surface area contributed by atoms with Gasteiger partial charge in [0.15, 0.2) is 0 Å². The molecule has 1 heterocycles. The van der Waals surface area contributed by atoms with Crippen molar-refractivity contribution in [1.29, 1.82) is 0 Å². The van der Waals surface area contributed by atoms with Gasteiger partial charge in [0, 0.05) is 23.7 Å². The van der Waals surface area contributed by atoms with Crippen LogP contribution in [0.5, 0.6) is 0 Å². The molecule has 19 heavy (non-hydrogen) atoms. The van der Waals surface area contributed by atoms with E-state index < -0.39 is 0 Å². The summed E-state index contributed by atoms with van der Waals surface area (Å²) in [5.41, 5.74) is 7.43. The Labute approximate surface area is 118 Å². The summed E-state index contributed by atoms with van der Waals surface area (Å²) in [6, 6.07) is 0.333. The Kier molecular flexibility index (Phi) is 4.48. The fourth-order valence-corrected chi connectivity index (χ4v) is 3.67. The number of thiazole rings is 1. The third kappa shape index (κ3) is 3.27. The van der Waals surface area contributed by atoms with Crippen LogP contribution in [0.1, 0.15) is 39.3 Å². The van der Waals surface area contributed by atoms with Gasteiger partial charge in [-0.15, -0.1) is 0 Å². The second-order valence-corrected chi connectivity index (χ2v) is 7.19. The highest BCUT2D eigenvalue weighted by atomic mass is 32.1. The third-order valence-corrected chi connectivity index (χ3v) is 5.71. The molecule has 1 aliphatic rings. The van der Waals surface area contributed by atoms with Gasteiger partial charge >= 0.3 is 4.87 Å². The van der Waals surface area contributed by atoms with Gasteiger partial charge in [0.2, 0.25) is 0 Å². The molecule has 108 valence electrons. The first-order valence-corrected chi connectivity index (χ1v) is 7.92. The summed E-state index contributed by atoms with van der Waals surface area (Å²) in [5, 5.41) is 5.36. The lowest BCUT2D eigenvalue weighted by Crippen LogP contribution is -2.49. The van der Waals surface area contributed by atoms with Crippen LogP contribution < -0.4 is 15.9 Å². The molecule has 1 aliphatic carbocycles. The van der Waals surface area contributed by atoms with E-state index >= 15 is 0 Å². The fraction of sp³-hybridized carbons (Fsp3) is 0.786. The molecule has 3 unspecified atom stereocenters. The van der Waals surface area contributed by atoms with Crippen LogP contribution in [0, 0.1) is 17.3 Å². The lowest BCUT2D eigenvalue weighted by molar-refractivity contribution is 0.0538. The second-order valence-electron chi connectivity index (χ2n) is 6.35. The molecule has 2 rings (SSSR count). The van der Waals surface area contributed by atoms with E-state index in [-0.39, 0.29) is 10.3 Å². The minimum atomic E-state index is 0.0226. The van der Waals surface area contributed by atoms with E-state index in [2.05, 4.69) is 31.1 Å². The Bertz CT molecular complexity index is 465. The van der Waals surface area contributed by atoms with Crippen LogP contribution in [-0.2, 0) is 6.54 Å². The molecular formula is C14H25N3OS. The van der Waals surface area contributed by atoms with Crippen LogP contribution in [0.15, 0.2) is 10.2 Å². The number of H-pyrrole nitrogens is 1. The zero-order valence-corrected chi connectivity index (χ0v) is 12.8. The van der Waals surface area contributed by atoms with Gasteiger partial charge in [-0.1, -0.05) is 32.1 Å². The molecule has 0 saturated heterocycles. The molecule has 1 fully saturated rings. The maximum Gasteiger partial charge on any atom is 0.304 e. The number of nitrogens with one attached hydrogen (secondary N) is 2. The van der Waals surface area contributed by atoms with Crippen molar-refractivity contribution in [2.75, 3.05) is 6.54 Å². The van der Waals surface area contributed by atoms with E-state index in [4.69, 9.17) is 5.73 Å². The van der Waals surface area contributed by atoms with Gasteiger partial charge in [-0.2, -0.15) is 0 Å². The lowest BCUT2D eigenvalue weighted by atomic mass is 9.61. The van der Waals surface area contributed by atoms with Gasteiger partial charge in [-0.3, -0.25) is 4.79 Å². The first-order valence-electron chi connectivity index (χ1n) is 7.04. The number of nitrogens with two attached hydrogens (primary N) is 1. The third-order valence-electron chi connectivity index (χ3n) is 4.99. The Balaban J connectivity index is 1.87. The largest absolute Gasteiger partial charge is 0.327 e. The molecule has 3 atom stereocenters. The van der Waals surface area contributed by atoms with Crippen molar-refractivity contribution < 1.29 is 0 Å². The predicted octanol–water partition coefficient (Wildman–Crippen LogP) is 1.93. The SMILES string of the molecule is CC1C(N)CCC(CNCc2csc(=O)[nH]2)C1(C)C. The van der Waals surface area contributed by atoms with E-state index in [0.717, 1.165) is 25.2 Å². The molecule has 0 amide bonds. The van der Waals surface area contributed by atoms with Crippen LogP contribution in [0.4, 0.5) is 0 Å². The summed E-state index contributed by atoms with van der Waals surface area (Å²) in [5.74, 6) is 1.20. The molecule has 0 aliphatic heterocycles. The van der Waals surface area contributed by atoms with Crippen LogP contribution in [0.2, 0.25) is 0 Å². The van der Waals surface area contributed by atoms with Gasteiger partial charge in [0.25, 0.3) is 0 Å². The van der Waals surface area contributed by atoms with Gasteiger partial charge in [-0.25, -0.2) is 0 Å². The molecule has 4 nitrogen and oxygen atoms in total. The molecule has 0 spiro atoms. The molecule has 0 aromatic carbocycles. The normalized spacial score (nSPS) is 30.4. The summed E-state index contributed by atoms with van der Waals surface area (Å²) < 4.78 is 0. The highest BCUT2D eigenvalue weighted by molar-refractivity contribution is 7.07. The van der Waals surface area contributed by atoms with Gasteiger partial charge in [0.05, 0.1) is 0 Å². The molecule has 5 heteroatoms. The summed E-state index contributed by atoms with van der Waals surface area (Å²) in [4.78, 5) is 13.9. The van der Waals surface area contributed by atoms with E-state index in [0.29, 0.717) is 17.9 Å². The van der Waals surface area contributed by atoms with E-state index in [1.165, 1.54) is 17.8 Å². The monoisotopic (exact) mass is 283 g/mol. The Hall–Kier alpha value is -0.650. The van der Waals surface area contributed by atoms with Crippen molar-refractivity contribution in [3.05, 3.63) is 20.7 Å². The van der Waals surface area contributed by atoms with Crippen molar-refractivity contribution in [3.63, 3.8) is 0 Å². The molecule has 0 radical (unpaired) electrons. The number of hydrogen-bond donors (Lipinski definition) is 3. The molecule has 1 aromatic rings. The van der Waals surface area contributed by atoms with Crippen molar-refractivity contribution in [2.24, 2.45) is 23.0 Å². The van der Waals surface area contributed by atoms with Crippen molar-refractivity contribution in [2.45, 2.75) is 46.2 Å². The molecule has 1 aromatic heterocycles. The quantitative estimate of drug-likeness (QED) is 0.790. The Morgan fingerprint density at radius 1 is 1.53 bits per heavy atom. The lowest BCUT2D eigenvalue weighted by Gasteiger charge is -2.47. The zero-order valence-electron chi connectivity index (χ0n) is 12.0. The van der Waals surface area contributed by atoms with Crippen LogP contribution >= 0.6 is 11.3 Å². The smallest absolute Gasteiger partial charge is 0.304 e. The zero-order chi connectivity index (χ0) is 14.0. The number of aromatic nitrogens is 1. The topological polar surface area (TPSA) is 70.9 Å². The molecule has 1 saturated carbocycles. The van der Waals surface area contributed by atoms with Crippen molar-refractivity contribution in [1.82, 2.24) is 10.3 Å². The first kappa shape index (κ1) is 14.8. The molecule has 4 N–H and O–H groups in total. The highest BCUT2D eigenvalue weighted by Crippen LogP contribution is 2.43. The summed E-state index contributed by atoms with van der Waals surface area (Å²) >= 11 is 1.22. The predicted molar refractivity (Wildman–Crippen MR) is 80.3 cm³/mol. The standard InChI is InChI=1S/C14H25N3OS/c1-9-12(15)5-4-10(14(9,2)3)6-16-7-11-8-19-13(18)17-11/h8-10,12,16H,4-7,15H2,1-3H3,(H,17,18). The number of aromatic amines is 1. The van der Waals surface area contributed by atoms with Gasteiger partial charge in [0.1, 0.15) is 0 Å². The minimum absolute atomic E-state index is 0.0226. The summed E-state index contributed by atoms with van der Waals surface area (Å²) in [6.45, 7) is 8.66. The maximum atomic E-state index is 11.1. The molecule has 0 bridgehead atoms. The Morgan fingerprint density at radius 2 is 2.26 bits per heavy atom. The van der Waals surface area contributed by atoms with Crippen LogP contribution in [0.3, 0.4) is 0 Å².